The fourth-order valence-corrected chi connectivity index (χ4v) is 5.46. The van der Waals surface area contributed by atoms with Gasteiger partial charge in [0.2, 0.25) is 0 Å². The van der Waals surface area contributed by atoms with Gasteiger partial charge in [-0.2, -0.15) is 0 Å². The normalized spacial score (nSPS) is 18.5. The molecule has 7 nitrogen and oxygen atoms in total. The van der Waals surface area contributed by atoms with E-state index in [9.17, 15) is 14.4 Å². The van der Waals surface area contributed by atoms with Gasteiger partial charge in [-0.15, -0.1) is 11.6 Å². The summed E-state index contributed by atoms with van der Waals surface area (Å²) in [4.78, 5) is 41.5. The maximum Gasteiger partial charge on any atom is 0.334 e. The van der Waals surface area contributed by atoms with Gasteiger partial charge in [0.05, 0.1) is 17.9 Å². The van der Waals surface area contributed by atoms with Crippen molar-refractivity contribution in [1.82, 2.24) is 15.8 Å². The molecule has 3 aromatic carbocycles. The van der Waals surface area contributed by atoms with Crippen LogP contribution < -0.4 is 15.6 Å². The number of urea groups is 1. The predicted octanol–water partition coefficient (Wildman–Crippen LogP) is 4.87. The van der Waals surface area contributed by atoms with Crippen LogP contribution in [-0.2, 0) is 9.59 Å². The SMILES string of the molecule is O=C(NCC(=O)N1c2ccccc2Sc2ccccc21)NN1C(=O)C(Cl)C1c1ccc(Cl)cc1. The summed E-state index contributed by atoms with van der Waals surface area (Å²) in [6.07, 6.45) is 0. The van der Waals surface area contributed by atoms with E-state index in [1.165, 1.54) is 0 Å². The van der Waals surface area contributed by atoms with Gasteiger partial charge >= 0.3 is 6.03 Å². The van der Waals surface area contributed by atoms with Crippen molar-refractivity contribution in [2.24, 2.45) is 0 Å². The van der Waals surface area contributed by atoms with Crippen molar-refractivity contribution in [1.29, 1.82) is 0 Å². The van der Waals surface area contributed by atoms with Crippen LogP contribution in [0.1, 0.15) is 11.6 Å². The summed E-state index contributed by atoms with van der Waals surface area (Å²) in [5.41, 5.74) is 4.74. The molecule has 5 rings (SSSR count). The number of hydrazine groups is 1. The molecule has 2 atom stereocenters. The molecule has 2 unspecified atom stereocenters. The number of carbonyl (C=O) groups excluding carboxylic acids is 3. The minimum atomic E-state index is -0.804. The Morgan fingerprint density at radius 3 is 2.12 bits per heavy atom. The number of anilines is 2. The minimum absolute atomic E-state index is 0.267. The molecule has 4 amide bonds. The highest BCUT2D eigenvalue weighted by Gasteiger charge is 2.48. The Morgan fingerprint density at radius 2 is 1.50 bits per heavy atom. The summed E-state index contributed by atoms with van der Waals surface area (Å²) < 4.78 is 0. The standard InChI is InChI=1S/C24H18Cl2N4O3S/c25-15-11-9-14(10-12-15)22-21(26)23(32)30(22)28-24(33)27-13-20(31)29-16-5-1-3-7-18(16)34-19-8-4-2-6-17(19)29/h1-12,21-22H,13H2,(H2,27,28,33). The quantitative estimate of drug-likeness (QED) is 0.385. The Morgan fingerprint density at radius 1 is 0.912 bits per heavy atom. The second kappa shape index (κ2) is 9.21. The third-order valence-corrected chi connectivity index (χ3v) is 7.35. The van der Waals surface area contributed by atoms with Crippen molar-refractivity contribution in [3.05, 3.63) is 83.4 Å². The van der Waals surface area contributed by atoms with Crippen molar-refractivity contribution < 1.29 is 14.4 Å². The molecule has 0 saturated carbocycles. The number of amides is 4. The molecule has 1 saturated heterocycles. The summed E-state index contributed by atoms with van der Waals surface area (Å²) in [5.74, 6) is -0.742. The molecule has 2 aliphatic rings. The molecule has 1 fully saturated rings. The molecule has 0 aliphatic carbocycles. The Labute approximate surface area is 210 Å². The second-order valence-corrected chi connectivity index (χ2v) is 9.66. The van der Waals surface area contributed by atoms with E-state index in [1.807, 2.05) is 48.5 Å². The van der Waals surface area contributed by atoms with Crippen LogP contribution >= 0.6 is 35.0 Å². The lowest BCUT2D eigenvalue weighted by Crippen LogP contribution is -2.64. The molecule has 0 spiro atoms. The van der Waals surface area contributed by atoms with Crippen LogP contribution in [0.5, 0.6) is 0 Å². The minimum Gasteiger partial charge on any atom is -0.328 e. The van der Waals surface area contributed by atoms with Gasteiger partial charge in [0.15, 0.2) is 0 Å². The van der Waals surface area contributed by atoms with E-state index in [0.29, 0.717) is 5.02 Å². The molecule has 0 aromatic heterocycles. The first-order valence-electron chi connectivity index (χ1n) is 10.4. The topological polar surface area (TPSA) is 81.8 Å². The Bertz CT molecular complexity index is 1240. The molecule has 0 radical (unpaired) electrons. The van der Waals surface area contributed by atoms with Gasteiger partial charge in [-0.05, 0) is 42.0 Å². The van der Waals surface area contributed by atoms with Gasteiger partial charge in [0.25, 0.3) is 11.8 Å². The number of carbonyl (C=O) groups is 3. The fraction of sp³-hybridized carbons (Fsp3) is 0.125. The highest BCUT2D eigenvalue weighted by atomic mass is 35.5. The third-order valence-electron chi connectivity index (χ3n) is 5.54. The zero-order valence-electron chi connectivity index (χ0n) is 17.6. The molecule has 172 valence electrons. The van der Waals surface area contributed by atoms with Crippen LogP contribution in [0.3, 0.4) is 0 Å². The molecular weight excluding hydrogens is 495 g/mol. The number of alkyl halides is 1. The number of hydrogen-bond acceptors (Lipinski definition) is 4. The van der Waals surface area contributed by atoms with E-state index in [1.54, 1.807) is 40.9 Å². The molecular formula is C24H18Cl2N4O3S. The Balaban J connectivity index is 1.27. The van der Waals surface area contributed by atoms with Crippen molar-refractivity contribution in [3.8, 4) is 0 Å². The molecule has 0 bridgehead atoms. The first-order valence-corrected chi connectivity index (χ1v) is 12.0. The first kappa shape index (κ1) is 22.6. The lowest BCUT2D eigenvalue weighted by molar-refractivity contribution is -0.149. The number of para-hydroxylation sites is 2. The van der Waals surface area contributed by atoms with Crippen molar-refractivity contribution in [2.45, 2.75) is 21.2 Å². The first-order chi connectivity index (χ1) is 16.4. The molecule has 10 heteroatoms. The Hall–Kier alpha value is -3.20. The van der Waals surface area contributed by atoms with Crippen LogP contribution in [0.25, 0.3) is 0 Å². The molecule has 2 heterocycles. The largest absolute Gasteiger partial charge is 0.334 e. The van der Waals surface area contributed by atoms with E-state index in [2.05, 4.69) is 10.7 Å². The highest BCUT2D eigenvalue weighted by Crippen LogP contribution is 2.47. The Kier molecular flexibility index (Phi) is 6.12. The number of hydrogen-bond donors (Lipinski definition) is 2. The lowest BCUT2D eigenvalue weighted by atomic mass is 9.95. The average molecular weight is 513 g/mol. The van der Waals surface area contributed by atoms with Crippen molar-refractivity contribution in [2.75, 3.05) is 11.4 Å². The number of halogens is 2. The monoisotopic (exact) mass is 512 g/mol. The summed E-state index contributed by atoms with van der Waals surface area (Å²) in [7, 11) is 0. The predicted molar refractivity (Wildman–Crippen MR) is 131 cm³/mol. The number of fused-ring (bicyclic) bond motifs is 2. The average Bonchev–Trinajstić information content (AvgIpc) is 2.86. The highest BCUT2D eigenvalue weighted by molar-refractivity contribution is 7.99. The number of β-lactam (4-membered cyclic amide) rings is 1. The van der Waals surface area contributed by atoms with E-state index >= 15 is 0 Å². The lowest BCUT2D eigenvalue weighted by Gasteiger charge is -2.43. The van der Waals surface area contributed by atoms with Crippen molar-refractivity contribution >= 4 is 64.2 Å². The maximum absolute atomic E-state index is 13.2. The molecule has 2 N–H and O–H groups in total. The summed E-state index contributed by atoms with van der Waals surface area (Å²) in [6.45, 7) is -0.267. The zero-order chi connectivity index (χ0) is 23.8. The van der Waals surface area contributed by atoms with Gasteiger partial charge in [-0.1, -0.05) is 59.8 Å². The van der Waals surface area contributed by atoms with Gasteiger partial charge in [0, 0.05) is 14.8 Å². The number of benzene rings is 3. The van der Waals surface area contributed by atoms with Crippen LogP contribution in [0, 0.1) is 0 Å². The number of nitrogens with zero attached hydrogens (tertiary/aromatic N) is 2. The van der Waals surface area contributed by atoms with E-state index in [-0.39, 0.29) is 12.5 Å². The summed E-state index contributed by atoms with van der Waals surface area (Å²) in [6, 6.07) is 20.8. The van der Waals surface area contributed by atoms with Crippen LogP contribution in [0.2, 0.25) is 5.02 Å². The van der Waals surface area contributed by atoms with Gasteiger partial charge in [0.1, 0.15) is 11.4 Å². The van der Waals surface area contributed by atoms with E-state index in [0.717, 1.165) is 31.7 Å². The molecule has 2 aliphatic heterocycles. The van der Waals surface area contributed by atoms with Gasteiger partial charge in [-0.25, -0.2) is 15.2 Å². The number of nitrogens with one attached hydrogen (secondary N) is 2. The van der Waals surface area contributed by atoms with Gasteiger partial charge < -0.3 is 5.32 Å². The smallest absolute Gasteiger partial charge is 0.328 e. The van der Waals surface area contributed by atoms with Crippen molar-refractivity contribution in [3.63, 3.8) is 0 Å². The summed E-state index contributed by atoms with van der Waals surface area (Å²) in [5, 5.41) is 3.45. The third kappa shape index (κ3) is 4.09. The molecule has 3 aromatic rings. The van der Waals surface area contributed by atoms with Crippen LogP contribution in [0.15, 0.2) is 82.6 Å². The zero-order valence-corrected chi connectivity index (χ0v) is 19.9. The second-order valence-electron chi connectivity index (χ2n) is 7.67. The van der Waals surface area contributed by atoms with E-state index < -0.39 is 23.4 Å². The number of rotatable bonds is 4. The van der Waals surface area contributed by atoms with Gasteiger partial charge in [-0.3, -0.25) is 14.5 Å². The van der Waals surface area contributed by atoms with E-state index in [4.69, 9.17) is 23.2 Å². The summed E-state index contributed by atoms with van der Waals surface area (Å²) >= 11 is 13.7. The fourth-order valence-electron chi connectivity index (χ4n) is 3.91. The maximum atomic E-state index is 13.2. The molecule has 34 heavy (non-hydrogen) atoms. The van der Waals surface area contributed by atoms with Crippen LogP contribution in [0.4, 0.5) is 16.2 Å². The van der Waals surface area contributed by atoms with Crippen LogP contribution in [-0.4, -0.2) is 34.8 Å².